The summed E-state index contributed by atoms with van der Waals surface area (Å²) in [5, 5.41) is 4.89. The van der Waals surface area contributed by atoms with Gasteiger partial charge in [-0.05, 0) is 104 Å². The lowest BCUT2D eigenvalue weighted by atomic mass is 9.88. The number of hydrogen-bond acceptors (Lipinski definition) is 1. The van der Waals surface area contributed by atoms with Gasteiger partial charge in [0.2, 0.25) is 0 Å². The average Bonchev–Trinajstić information content (AvgIpc) is 3.82. The quantitative estimate of drug-likeness (QED) is 0.168. The largest absolute Gasteiger partial charge is 0.309 e. The maximum Gasteiger partial charge on any atom is 0.255 e. The van der Waals surface area contributed by atoms with Gasteiger partial charge in [-0.1, -0.05) is 93.1 Å². The summed E-state index contributed by atoms with van der Waals surface area (Å²) in [7, 11) is 0. The first-order chi connectivity index (χ1) is 26.2. The van der Waals surface area contributed by atoms with Crippen molar-refractivity contribution in [3.05, 3.63) is 168 Å². The minimum Gasteiger partial charge on any atom is -0.309 e. The Hall–Kier alpha value is -6.46. The predicted octanol–water partition coefficient (Wildman–Crippen LogP) is 11.7. The van der Waals surface area contributed by atoms with E-state index in [0.29, 0.717) is 0 Å². The first kappa shape index (κ1) is 32.2. The molecule has 5 heteroatoms. The second kappa shape index (κ2) is 11.8. The fourth-order valence-corrected chi connectivity index (χ4v) is 8.79. The van der Waals surface area contributed by atoms with Crippen molar-refractivity contribution in [3.63, 3.8) is 0 Å². The van der Waals surface area contributed by atoms with Crippen molar-refractivity contribution in [1.29, 1.82) is 0 Å². The Morgan fingerprint density at radius 1 is 0.519 bits per heavy atom. The van der Waals surface area contributed by atoms with Crippen molar-refractivity contribution < 1.29 is 4.57 Å². The molecule has 0 unspecified atom stereocenters. The number of para-hydroxylation sites is 4. The zero-order valence-electron chi connectivity index (χ0n) is 31.6. The molecule has 54 heavy (non-hydrogen) atoms. The minimum atomic E-state index is 0.00436. The Morgan fingerprint density at radius 2 is 1.07 bits per heavy atom. The van der Waals surface area contributed by atoms with Crippen molar-refractivity contribution in [2.75, 3.05) is 0 Å². The monoisotopic (exact) mass is 700 g/mol. The summed E-state index contributed by atoms with van der Waals surface area (Å²) in [6.07, 6.45) is 4.21. The number of aryl methyl sites for hydroxylation is 3. The average molecular weight is 701 g/mol. The first-order valence-electron chi connectivity index (χ1n) is 18.8. The molecule has 0 aliphatic rings. The van der Waals surface area contributed by atoms with Crippen LogP contribution in [-0.2, 0) is 5.41 Å². The number of rotatable bonds is 4. The predicted molar refractivity (Wildman–Crippen MR) is 224 cm³/mol. The third-order valence-electron chi connectivity index (χ3n) is 11.2. The number of fused-ring (bicyclic) bond motifs is 7. The van der Waals surface area contributed by atoms with Crippen molar-refractivity contribution in [1.82, 2.24) is 18.7 Å². The highest BCUT2D eigenvalue weighted by atomic mass is 15.1. The number of imidazole rings is 1. The number of aromatic nitrogens is 5. The fraction of sp³-hybridized carbons (Fsp3) is 0.143. The van der Waals surface area contributed by atoms with Gasteiger partial charge >= 0.3 is 0 Å². The second-order valence-electron chi connectivity index (χ2n) is 15.9. The van der Waals surface area contributed by atoms with Gasteiger partial charge in [-0.15, -0.1) is 0 Å². The molecule has 4 heterocycles. The van der Waals surface area contributed by atoms with E-state index in [1.54, 1.807) is 0 Å². The lowest BCUT2D eigenvalue weighted by Crippen LogP contribution is -2.31. The number of hydrogen-bond donors (Lipinski definition) is 0. The SMILES string of the molecule is Cc1cc(C)c(-[n+]2cn(-c3ccc4c5ccccc5n(-c5ccc6c7ccccc7n(-c7cc(C(C)(C)C)ccn7)c6c5)c4c3)c3ccccc32)c(C)c1. The Morgan fingerprint density at radius 3 is 1.76 bits per heavy atom. The Balaban J connectivity index is 1.22. The molecule has 262 valence electrons. The van der Waals surface area contributed by atoms with Crippen LogP contribution in [-0.4, -0.2) is 18.7 Å². The van der Waals surface area contributed by atoms with Gasteiger partial charge in [-0.2, -0.15) is 9.13 Å². The summed E-state index contributed by atoms with van der Waals surface area (Å²) in [6.45, 7) is 13.4. The molecule has 0 aliphatic heterocycles. The van der Waals surface area contributed by atoms with Gasteiger partial charge in [0.25, 0.3) is 6.33 Å². The number of benzene rings is 6. The van der Waals surface area contributed by atoms with Crippen LogP contribution in [0.25, 0.3) is 77.5 Å². The molecule has 6 aromatic carbocycles. The maximum absolute atomic E-state index is 4.95. The van der Waals surface area contributed by atoms with Gasteiger partial charge in [0.15, 0.2) is 11.0 Å². The molecule has 0 saturated heterocycles. The molecule has 0 bridgehead atoms. The molecule has 5 nitrogen and oxygen atoms in total. The zero-order valence-corrected chi connectivity index (χ0v) is 31.6. The summed E-state index contributed by atoms with van der Waals surface area (Å²) in [5.41, 5.74) is 15.5. The summed E-state index contributed by atoms with van der Waals surface area (Å²) >= 11 is 0. The smallest absolute Gasteiger partial charge is 0.255 e. The molecule has 0 aliphatic carbocycles. The Kier molecular flexibility index (Phi) is 7.02. The van der Waals surface area contributed by atoms with E-state index in [1.807, 2.05) is 6.20 Å². The third kappa shape index (κ3) is 4.85. The van der Waals surface area contributed by atoms with Crippen molar-refractivity contribution in [3.8, 4) is 22.9 Å². The maximum atomic E-state index is 4.95. The van der Waals surface area contributed by atoms with Crippen molar-refractivity contribution in [2.24, 2.45) is 0 Å². The third-order valence-corrected chi connectivity index (χ3v) is 11.2. The number of pyridine rings is 1. The van der Waals surface area contributed by atoms with Crippen LogP contribution >= 0.6 is 0 Å². The Labute approximate surface area is 315 Å². The molecule has 0 spiro atoms. The van der Waals surface area contributed by atoms with Gasteiger partial charge in [0.1, 0.15) is 17.2 Å². The van der Waals surface area contributed by atoms with Crippen LogP contribution in [0.4, 0.5) is 0 Å². The molecule has 10 rings (SSSR count). The van der Waals surface area contributed by atoms with Crippen molar-refractivity contribution in [2.45, 2.75) is 47.0 Å². The van der Waals surface area contributed by atoms with Crippen LogP contribution in [0.15, 0.2) is 146 Å². The summed E-state index contributed by atoms with van der Waals surface area (Å²) in [6, 6.07) is 48.9. The molecule has 0 N–H and O–H groups in total. The van der Waals surface area contributed by atoms with E-state index >= 15 is 0 Å². The topological polar surface area (TPSA) is 31.6 Å². The van der Waals surface area contributed by atoms with Crippen LogP contribution in [0.5, 0.6) is 0 Å². The lowest BCUT2D eigenvalue weighted by Gasteiger charge is -2.20. The van der Waals surface area contributed by atoms with E-state index in [4.69, 9.17) is 4.98 Å². The molecular weight excluding hydrogens is 659 g/mol. The standard InChI is InChI=1S/C49H42N5/c1-31-25-32(2)48(33(3)26-31)52-30-51(43-17-11-12-18-44(43)52)35-19-21-39-37-13-7-9-15-41(37)53(45(39)28-35)36-20-22-40-38-14-8-10-16-42(38)54(46(40)29-36)47-27-34(23-24-50-47)49(4,5)6/h7-30H,1-6H3/q+1. The van der Waals surface area contributed by atoms with Gasteiger partial charge < -0.3 is 4.57 Å². The number of nitrogens with zero attached hydrogens (tertiary/aromatic N) is 5. The van der Waals surface area contributed by atoms with Crippen LogP contribution in [0, 0.1) is 20.8 Å². The van der Waals surface area contributed by atoms with Gasteiger partial charge in [-0.25, -0.2) is 4.98 Å². The van der Waals surface area contributed by atoms with Crippen LogP contribution < -0.4 is 4.57 Å². The normalized spacial score (nSPS) is 12.3. The summed E-state index contributed by atoms with van der Waals surface area (Å²) in [4.78, 5) is 4.95. The molecule has 10 aromatic rings. The highest BCUT2D eigenvalue weighted by Gasteiger charge is 2.24. The van der Waals surface area contributed by atoms with E-state index in [9.17, 15) is 0 Å². The van der Waals surface area contributed by atoms with Crippen LogP contribution in [0.1, 0.15) is 43.0 Å². The van der Waals surface area contributed by atoms with Crippen LogP contribution in [0.2, 0.25) is 0 Å². The van der Waals surface area contributed by atoms with E-state index in [2.05, 4.69) is 200 Å². The fourth-order valence-electron chi connectivity index (χ4n) is 8.79. The molecular formula is C49H42N5+. The minimum absolute atomic E-state index is 0.00436. The van der Waals surface area contributed by atoms with Gasteiger partial charge in [-0.3, -0.25) is 4.57 Å². The molecule has 0 radical (unpaired) electrons. The van der Waals surface area contributed by atoms with E-state index in [-0.39, 0.29) is 5.41 Å². The molecule has 0 fully saturated rings. The van der Waals surface area contributed by atoms with Gasteiger partial charge in [0.05, 0.1) is 22.1 Å². The van der Waals surface area contributed by atoms with E-state index in [1.165, 1.54) is 60.5 Å². The molecule has 0 amide bonds. The zero-order chi connectivity index (χ0) is 36.9. The van der Waals surface area contributed by atoms with Crippen LogP contribution in [0.3, 0.4) is 0 Å². The highest BCUT2D eigenvalue weighted by molar-refractivity contribution is 6.12. The highest BCUT2D eigenvalue weighted by Crippen LogP contribution is 2.38. The van der Waals surface area contributed by atoms with E-state index in [0.717, 1.165) is 39.3 Å². The first-order valence-corrected chi connectivity index (χ1v) is 18.8. The lowest BCUT2D eigenvalue weighted by molar-refractivity contribution is -0.568. The van der Waals surface area contributed by atoms with E-state index < -0.39 is 0 Å². The molecule has 4 aromatic heterocycles. The molecule has 0 saturated carbocycles. The molecule has 0 atom stereocenters. The Bertz CT molecular complexity index is 3100. The van der Waals surface area contributed by atoms with Gasteiger partial charge in [0, 0.05) is 39.5 Å². The van der Waals surface area contributed by atoms with Crippen molar-refractivity contribution >= 4 is 54.6 Å². The summed E-state index contributed by atoms with van der Waals surface area (Å²) in [5.74, 6) is 0.933. The second-order valence-corrected chi connectivity index (χ2v) is 15.9. The summed E-state index contributed by atoms with van der Waals surface area (Å²) < 4.78 is 9.46.